The smallest absolute Gasteiger partial charge is 0.170 e. The molecule has 2 aliphatic heterocycles. The van der Waals surface area contributed by atoms with Crippen LogP contribution in [-0.4, -0.2) is 6.10 Å². The van der Waals surface area contributed by atoms with Crippen LogP contribution in [0.4, 0.5) is 0 Å². The van der Waals surface area contributed by atoms with Gasteiger partial charge in [-0.2, -0.15) is 0 Å². The number of rotatable bonds is 1. The molecule has 0 bridgehead atoms. The number of hydrogen-bond donors (Lipinski definition) is 0. The summed E-state index contributed by atoms with van der Waals surface area (Å²) in [5.41, 5.74) is 1.29. The van der Waals surface area contributed by atoms with Crippen LogP contribution in [0.3, 0.4) is 0 Å². The van der Waals surface area contributed by atoms with Crippen LogP contribution in [0.2, 0.25) is 0 Å². The van der Waals surface area contributed by atoms with Gasteiger partial charge in [0, 0.05) is 0 Å². The van der Waals surface area contributed by atoms with Crippen molar-refractivity contribution in [2.75, 3.05) is 0 Å². The van der Waals surface area contributed by atoms with E-state index in [0.717, 1.165) is 11.5 Å². The first-order valence-electron chi connectivity index (χ1n) is 5.23. The largest absolute Gasteiger partial charge is 0.449 e. The lowest BCUT2D eigenvalue weighted by molar-refractivity contribution is 0.384. The predicted molar refractivity (Wildman–Crippen MR) is 57.3 cm³/mol. The Morgan fingerprint density at radius 2 is 1.93 bits per heavy atom. The summed E-state index contributed by atoms with van der Waals surface area (Å²) in [6, 6.07) is 10.6. The lowest BCUT2D eigenvalue weighted by atomic mass is 10.0. The number of fused-ring (bicyclic) bond motifs is 2. The molecule has 74 valence electrons. The summed E-state index contributed by atoms with van der Waals surface area (Å²) in [4.78, 5) is 0. The monoisotopic (exact) mass is 198 g/mol. The quantitative estimate of drug-likeness (QED) is 0.560. The Morgan fingerprint density at radius 1 is 1.13 bits per heavy atom. The highest BCUT2D eigenvalue weighted by Gasteiger charge is 2.37. The van der Waals surface area contributed by atoms with Crippen molar-refractivity contribution in [3.05, 3.63) is 35.9 Å². The molecule has 2 aliphatic rings. The molecule has 2 aromatic carbocycles. The van der Waals surface area contributed by atoms with Gasteiger partial charge in [0.05, 0.1) is 6.10 Å². The van der Waals surface area contributed by atoms with Crippen LogP contribution in [0.5, 0.6) is 11.5 Å². The number of epoxide rings is 1. The molecule has 2 nitrogen and oxygen atoms in total. The van der Waals surface area contributed by atoms with Gasteiger partial charge in [0.15, 0.2) is 11.5 Å². The molecule has 0 amide bonds. The van der Waals surface area contributed by atoms with Crippen molar-refractivity contribution < 1.29 is 9.47 Å². The van der Waals surface area contributed by atoms with E-state index in [1.54, 1.807) is 0 Å². The van der Waals surface area contributed by atoms with Crippen LogP contribution >= 0.6 is 0 Å². The zero-order valence-corrected chi connectivity index (χ0v) is 8.36. The van der Waals surface area contributed by atoms with Crippen LogP contribution in [0.1, 0.15) is 18.6 Å². The molecule has 2 aromatic rings. The van der Waals surface area contributed by atoms with Gasteiger partial charge in [-0.3, -0.25) is 0 Å². The lowest BCUT2D eigenvalue weighted by Crippen LogP contribution is -1.84. The van der Waals surface area contributed by atoms with Crippen molar-refractivity contribution >= 4 is 10.8 Å². The maximum Gasteiger partial charge on any atom is 0.170 e. The maximum atomic E-state index is 5.53. The van der Waals surface area contributed by atoms with Gasteiger partial charge >= 0.3 is 0 Å². The Kier molecular flexibility index (Phi) is 1.20. The standard InChI is InChI=1S/C13H10O2/c1-7-13(14-7)9-4-2-3-8-5-11-12(15-11)6-10(8)9/h2-7,13H,1H3. The summed E-state index contributed by atoms with van der Waals surface area (Å²) >= 11 is 0. The molecule has 0 aliphatic carbocycles. The Bertz CT molecular complexity index is 574. The highest BCUT2D eigenvalue weighted by Crippen LogP contribution is 2.50. The van der Waals surface area contributed by atoms with E-state index in [2.05, 4.69) is 37.3 Å². The van der Waals surface area contributed by atoms with E-state index in [0.29, 0.717) is 6.10 Å². The average Bonchev–Trinajstić information content (AvgIpc) is 3.11. The van der Waals surface area contributed by atoms with E-state index in [4.69, 9.17) is 9.47 Å². The fourth-order valence-corrected chi connectivity index (χ4v) is 2.22. The minimum atomic E-state index is 0.283. The third kappa shape index (κ3) is 1.03. The summed E-state index contributed by atoms with van der Waals surface area (Å²) in [5, 5.41) is 2.51. The van der Waals surface area contributed by atoms with Crippen molar-refractivity contribution in [2.45, 2.75) is 19.1 Å². The van der Waals surface area contributed by atoms with Gasteiger partial charge < -0.3 is 9.47 Å². The van der Waals surface area contributed by atoms with Crippen molar-refractivity contribution in [3.8, 4) is 11.5 Å². The molecule has 2 atom stereocenters. The Balaban J connectivity index is 2.01. The molecule has 0 aromatic heterocycles. The van der Waals surface area contributed by atoms with Gasteiger partial charge in [0.1, 0.15) is 6.10 Å². The molecule has 0 spiro atoms. The third-order valence-electron chi connectivity index (χ3n) is 3.17. The van der Waals surface area contributed by atoms with E-state index in [-0.39, 0.29) is 6.10 Å². The molecule has 1 saturated heterocycles. The summed E-state index contributed by atoms with van der Waals surface area (Å²) in [6.45, 7) is 2.11. The number of benzene rings is 2. The van der Waals surface area contributed by atoms with Gasteiger partial charge in [-0.1, -0.05) is 18.2 Å². The fourth-order valence-electron chi connectivity index (χ4n) is 2.22. The first-order chi connectivity index (χ1) is 7.33. The molecule has 0 radical (unpaired) electrons. The van der Waals surface area contributed by atoms with Crippen LogP contribution < -0.4 is 4.74 Å². The van der Waals surface area contributed by atoms with Gasteiger partial charge in [0.25, 0.3) is 0 Å². The summed E-state index contributed by atoms with van der Waals surface area (Å²) < 4.78 is 10.9. The first-order valence-corrected chi connectivity index (χ1v) is 5.23. The zero-order valence-electron chi connectivity index (χ0n) is 8.36. The molecular weight excluding hydrogens is 188 g/mol. The molecule has 0 saturated carbocycles. The third-order valence-corrected chi connectivity index (χ3v) is 3.17. The highest BCUT2D eigenvalue weighted by atomic mass is 16.6. The van der Waals surface area contributed by atoms with Crippen molar-refractivity contribution in [1.29, 1.82) is 0 Å². The molecule has 1 fully saturated rings. The van der Waals surface area contributed by atoms with Gasteiger partial charge in [0.2, 0.25) is 0 Å². The van der Waals surface area contributed by atoms with Gasteiger partial charge in [-0.15, -0.1) is 0 Å². The van der Waals surface area contributed by atoms with Crippen LogP contribution in [-0.2, 0) is 4.74 Å². The van der Waals surface area contributed by atoms with E-state index >= 15 is 0 Å². The summed E-state index contributed by atoms with van der Waals surface area (Å²) in [7, 11) is 0. The van der Waals surface area contributed by atoms with Gasteiger partial charge in [-0.05, 0) is 35.4 Å². The van der Waals surface area contributed by atoms with E-state index in [9.17, 15) is 0 Å². The van der Waals surface area contributed by atoms with Crippen LogP contribution in [0, 0.1) is 0 Å². The Hall–Kier alpha value is -1.54. The summed E-state index contributed by atoms with van der Waals surface area (Å²) in [6.07, 6.45) is 0.644. The van der Waals surface area contributed by atoms with Crippen molar-refractivity contribution in [1.82, 2.24) is 0 Å². The van der Waals surface area contributed by atoms with Crippen LogP contribution in [0.15, 0.2) is 30.3 Å². The second kappa shape index (κ2) is 2.34. The topological polar surface area (TPSA) is 25.1 Å². The maximum absolute atomic E-state index is 5.53. The second-order valence-corrected chi connectivity index (χ2v) is 4.23. The van der Waals surface area contributed by atoms with E-state index in [1.165, 1.54) is 16.3 Å². The first kappa shape index (κ1) is 7.71. The van der Waals surface area contributed by atoms with Crippen molar-refractivity contribution in [3.63, 3.8) is 0 Å². The predicted octanol–water partition coefficient (Wildman–Crippen LogP) is 3.41. The van der Waals surface area contributed by atoms with Gasteiger partial charge in [-0.25, -0.2) is 0 Å². The zero-order chi connectivity index (χ0) is 9.99. The summed E-state index contributed by atoms with van der Waals surface area (Å²) in [5.74, 6) is 2.03. The van der Waals surface area contributed by atoms with Crippen LogP contribution in [0.25, 0.3) is 10.8 Å². The van der Waals surface area contributed by atoms with E-state index in [1.807, 2.05) is 0 Å². The molecule has 2 unspecified atom stereocenters. The minimum absolute atomic E-state index is 0.283. The molecule has 4 rings (SSSR count). The normalized spacial score (nSPS) is 25.9. The average molecular weight is 198 g/mol. The van der Waals surface area contributed by atoms with E-state index < -0.39 is 0 Å². The molecular formula is C13H10O2. The Morgan fingerprint density at radius 3 is 2.73 bits per heavy atom. The van der Waals surface area contributed by atoms with Crippen molar-refractivity contribution in [2.24, 2.45) is 0 Å². The minimum Gasteiger partial charge on any atom is -0.449 e. The molecule has 15 heavy (non-hydrogen) atoms. The SMILES string of the molecule is CC1OC1c1cccc2cc3c(cc12)O3. The molecule has 2 heteroatoms. The number of ether oxygens (including phenoxy) is 2. The number of hydrogen-bond acceptors (Lipinski definition) is 2. The molecule has 2 heterocycles. The second-order valence-electron chi connectivity index (χ2n) is 4.23. The fraction of sp³-hybridized carbons (Fsp3) is 0.231. The Labute approximate surface area is 87.4 Å². The lowest BCUT2D eigenvalue weighted by Gasteiger charge is -2.00. The molecule has 0 N–H and O–H groups in total. The highest BCUT2D eigenvalue weighted by molar-refractivity contribution is 5.91.